The van der Waals surface area contributed by atoms with Crippen LogP contribution in [0.1, 0.15) is 58.7 Å². The van der Waals surface area contributed by atoms with Crippen molar-refractivity contribution in [2.75, 3.05) is 17.2 Å². The summed E-state index contributed by atoms with van der Waals surface area (Å²) in [5, 5.41) is 17.5. The lowest BCUT2D eigenvalue weighted by Gasteiger charge is -2.49. The van der Waals surface area contributed by atoms with Gasteiger partial charge >= 0.3 is 29.8 Å². The molecule has 24 heteroatoms. The van der Waals surface area contributed by atoms with E-state index >= 15 is 0 Å². The Kier molecular flexibility index (Phi) is 16.2. The Balaban J connectivity index is 0.928. The molecule has 3 N–H and O–H groups in total. The van der Waals surface area contributed by atoms with Crippen LogP contribution in [0.4, 0.5) is 6.01 Å². The van der Waals surface area contributed by atoms with Crippen LogP contribution in [-0.2, 0) is 49.6 Å². The number of thioether (sulfide) groups is 2. The van der Waals surface area contributed by atoms with Crippen molar-refractivity contribution in [1.29, 1.82) is 0 Å². The van der Waals surface area contributed by atoms with Crippen LogP contribution in [0.15, 0.2) is 166 Å². The molecule has 0 unspecified atom stereocenters. The average molecular weight is 1080 g/mol. The van der Waals surface area contributed by atoms with Crippen LogP contribution in [0.5, 0.6) is 11.5 Å². The zero-order valence-electron chi connectivity index (χ0n) is 40.6. The lowest BCUT2D eigenvalue weighted by molar-refractivity contribution is -0.154. The molecule has 0 radical (unpaired) electrons. The van der Waals surface area contributed by atoms with Crippen LogP contribution in [0.2, 0.25) is 0 Å². The van der Waals surface area contributed by atoms with Crippen LogP contribution >= 0.6 is 23.5 Å². The molecule has 2 aliphatic heterocycles. The molecule has 0 aliphatic carbocycles. The molecule has 5 aromatic carbocycles. The second-order valence-electron chi connectivity index (χ2n) is 16.7. The number of esters is 4. The Bertz CT molecular complexity index is 3340. The van der Waals surface area contributed by atoms with Gasteiger partial charge in [0, 0.05) is 25.4 Å². The summed E-state index contributed by atoms with van der Waals surface area (Å²) in [4.78, 5) is 104. The van der Waals surface area contributed by atoms with Crippen molar-refractivity contribution in [3.05, 3.63) is 179 Å². The minimum atomic E-state index is -1.18. The predicted octanol–water partition coefficient (Wildman–Crippen LogP) is 6.02. The first kappa shape index (κ1) is 52.4. The molecule has 0 bridgehead atoms. The summed E-state index contributed by atoms with van der Waals surface area (Å²) >= 11 is 2.38. The van der Waals surface area contributed by atoms with Crippen LogP contribution in [-0.4, -0.2) is 101 Å². The molecule has 1 saturated heterocycles. The minimum absolute atomic E-state index is 0.0549. The Labute approximate surface area is 445 Å². The first-order valence-corrected chi connectivity index (χ1v) is 25.3. The van der Waals surface area contributed by atoms with Gasteiger partial charge in [-0.1, -0.05) is 138 Å². The number of rotatable bonds is 19. The van der Waals surface area contributed by atoms with E-state index in [1.807, 2.05) is 121 Å². The maximum atomic E-state index is 14.7. The van der Waals surface area contributed by atoms with E-state index in [-0.39, 0.29) is 63.2 Å². The van der Waals surface area contributed by atoms with E-state index in [2.05, 4.69) is 31.0 Å². The quantitative estimate of drug-likeness (QED) is 0.0178. The number of fused-ring (bicyclic) bond motifs is 1. The number of oxazole rings is 1. The highest BCUT2D eigenvalue weighted by atomic mass is 32.2. The Hall–Kier alpha value is -9.42. The van der Waals surface area contributed by atoms with Crippen LogP contribution in [0, 0.1) is 0 Å². The van der Waals surface area contributed by atoms with Crippen LogP contribution < -0.4 is 20.5 Å². The highest BCUT2D eigenvalue weighted by Crippen LogP contribution is 2.44. The number of nitrogens with zero attached hydrogens (tertiary/aromatic N) is 7. The standard InChI is InChI=1S/C53H43N9O13S2/c1-30(63)71-39-24-23-37(42(47(39)72-31(2)64)38-27-70-52(54)56-38)50(68)75-55-25-40(65)57-43-48(67)62-44(51(69)74-46(34-19-11-5-12-20-34)35-21-13-6-14-22-35)36(28-76-49(43)62)29-77-53-58-59-60-61(53)26-41(66)73-45(32-15-7-3-8-16-32)33-17-9-4-10-18-33/h3-25,27,43,45-46,49H,26,28-29H2,1-2H3,(H2,54,56)(H,57,65)/t43-,49+/m1/s1. The van der Waals surface area contributed by atoms with E-state index in [1.54, 1.807) is 0 Å². The highest BCUT2D eigenvalue weighted by molar-refractivity contribution is 8.01. The molecule has 2 atom stereocenters. The molecule has 2 aromatic heterocycles. The molecule has 0 saturated carbocycles. The summed E-state index contributed by atoms with van der Waals surface area (Å²) in [6.45, 7) is 1.84. The van der Waals surface area contributed by atoms with E-state index < -0.39 is 65.3 Å². The van der Waals surface area contributed by atoms with Crippen molar-refractivity contribution in [2.24, 2.45) is 5.16 Å². The lowest BCUT2D eigenvalue weighted by atomic mass is 10.0. The van der Waals surface area contributed by atoms with E-state index in [4.69, 9.17) is 33.9 Å². The van der Waals surface area contributed by atoms with Gasteiger partial charge in [0.25, 0.3) is 17.8 Å². The second-order valence-corrected chi connectivity index (χ2v) is 18.8. The molecule has 390 valence electrons. The van der Waals surface area contributed by atoms with Crippen LogP contribution in [0.3, 0.4) is 0 Å². The second kappa shape index (κ2) is 23.8. The Morgan fingerprint density at radius 1 is 0.805 bits per heavy atom. The highest BCUT2D eigenvalue weighted by Gasteiger charge is 2.54. The molecular formula is C53H43N9O13S2. The number of oxime groups is 1. The van der Waals surface area contributed by atoms with E-state index in [9.17, 15) is 33.6 Å². The van der Waals surface area contributed by atoms with Crippen molar-refractivity contribution in [1.82, 2.24) is 35.4 Å². The van der Waals surface area contributed by atoms with Gasteiger partial charge in [0.1, 0.15) is 41.8 Å². The number of carbonyl (C=O) groups is 7. The summed E-state index contributed by atoms with van der Waals surface area (Å²) in [7, 11) is 0. The number of aromatic nitrogens is 5. The van der Waals surface area contributed by atoms with Crippen molar-refractivity contribution >= 4 is 77.4 Å². The molecule has 0 spiro atoms. The van der Waals surface area contributed by atoms with Gasteiger partial charge in [-0.2, -0.15) is 4.98 Å². The molecule has 9 rings (SSSR count). The number of anilines is 1. The van der Waals surface area contributed by atoms with Crippen molar-refractivity contribution in [3.8, 4) is 22.8 Å². The van der Waals surface area contributed by atoms with Gasteiger partial charge in [-0.15, -0.1) is 16.9 Å². The SMILES string of the molecule is CC(=O)Oc1ccc(C(=O)ON=CC(=O)N[C@@H]2C(=O)N3C(C(=O)OC(c4ccccc4)c4ccccc4)=C(CSc4nnnn4CC(=O)OC(c4ccccc4)c4ccccc4)CS[C@@H]23)c(-c2coc(N)n2)c1OC(C)=O. The third kappa shape index (κ3) is 12.2. The monoisotopic (exact) mass is 1080 g/mol. The summed E-state index contributed by atoms with van der Waals surface area (Å²) in [6, 6.07) is 37.6. The summed E-state index contributed by atoms with van der Waals surface area (Å²) in [5.41, 5.74) is 8.33. The number of carbonyl (C=O) groups excluding carboxylic acids is 7. The number of ether oxygens (including phenoxy) is 4. The van der Waals surface area contributed by atoms with E-state index in [1.165, 1.54) is 33.5 Å². The summed E-state index contributed by atoms with van der Waals surface area (Å²) in [6.07, 6.45) is 0.0844. The number of nitrogens with one attached hydrogen (secondary N) is 1. The van der Waals surface area contributed by atoms with E-state index in [0.29, 0.717) is 22.9 Å². The number of amides is 2. The number of β-lactam (4-membered cyclic amide) rings is 1. The molecule has 77 heavy (non-hydrogen) atoms. The molecule has 2 amide bonds. The van der Waals surface area contributed by atoms with Crippen molar-refractivity contribution in [2.45, 2.75) is 49.2 Å². The van der Waals surface area contributed by atoms with Gasteiger partial charge in [0.15, 0.2) is 23.7 Å². The third-order valence-electron chi connectivity index (χ3n) is 11.5. The molecule has 22 nitrogen and oxygen atoms in total. The maximum Gasteiger partial charge on any atom is 0.366 e. The molecule has 2 aliphatic rings. The topological polar surface area (TPSA) is 289 Å². The number of nitrogen functional groups attached to an aromatic ring is 1. The number of benzene rings is 5. The number of hydrogen-bond donors (Lipinski definition) is 2. The summed E-state index contributed by atoms with van der Waals surface area (Å²) in [5.74, 6) is -6.24. The summed E-state index contributed by atoms with van der Waals surface area (Å²) < 4.78 is 29.2. The maximum absolute atomic E-state index is 14.7. The van der Waals surface area contributed by atoms with Gasteiger partial charge in [-0.25, -0.2) is 14.3 Å². The zero-order valence-corrected chi connectivity index (χ0v) is 42.3. The normalized spacial score (nSPS) is 14.9. The van der Waals surface area contributed by atoms with Gasteiger partial charge < -0.3 is 39.3 Å². The van der Waals surface area contributed by atoms with Crippen LogP contribution in [0.25, 0.3) is 11.3 Å². The zero-order chi connectivity index (χ0) is 54.0. The molecular weight excluding hydrogens is 1030 g/mol. The largest absolute Gasteiger partial charge is 0.451 e. The van der Waals surface area contributed by atoms with Crippen molar-refractivity contribution in [3.63, 3.8) is 0 Å². The minimum Gasteiger partial charge on any atom is -0.451 e. The molecule has 1 fully saturated rings. The fourth-order valence-corrected chi connectivity index (χ4v) is 10.5. The lowest BCUT2D eigenvalue weighted by Crippen LogP contribution is -2.70. The smallest absolute Gasteiger partial charge is 0.366 e. The number of tetrazole rings is 1. The fourth-order valence-electron chi connectivity index (χ4n) is 8.19. The molecule has 4 heterocycles. The van der Waals surface area contributed by atoms with Gasteiger partial charge in [0.05, 0.1) is 11.1 Å². The Morgan fingerprint density at radius 3 is 1.95 bits per heavy atom. The molecule has 7 aromatic rings. The van der Waals surface area contributed by atoms with Gasteiger partial charge in [0.2, 0.25) is 5.16 Å². The predicted molar refractivity (Wildman–Crippen MR) is 275 cm³/mol. The number of hydrogen-bond acceptors (Lipinski definition) is 21. The van der Waals surface area contributed by atoms with E-state index in [0.717, 1.165) is 43.0 Å². The Morgan fingerprint density at radius 2 is 1.39 bits per heavy atom. The number of nitrogens with two attached hydrogens (primary N) is 1. The average Bonchev–Trinajstić information content (AvgIpc) is 4.12. The van der Waals surface area contributed by atoms with Crippen molar-refractivity contribution < 1.29 is 61.8 Å². The first-order valence-electron chi connectivity index (χ1n) is 23.3. The first-order chi connectivity index (χ1) is 37.3. The third-order valence-corrected chi connectivity index (χ3v) is 13.9. The van der Waals surface area contributed by atoms with Gasteiger partial charge in [-0.05, 0) is 50.4 Å². The fraction of sp³-hybridized carbons (Fsp3) is 0.170. The van der Waals surface area contributed by atoms with Gasteiger partial charge in [-0.3, -0.25) is 28.9 Å².